The van der Waals surface area contributed by atoms with Crippen LogP contribution in [0, 0.1) is 21.4 Å². The van der Waals surface area contributed by atoms with Crippen molar-refractivity contribution in [1.82, 2.24) is 4.90 Å². The number of carboxylic acids is 1. The van der Waals surface area contributed by atoms with Gasteiger partial charge in [0.1, 0.15) is 5.70 Å². The van der Waals surface area contributed by atoms with Crippen LogP contribution in [0.3, 0.4) is 0 Å². The van der Waals surface area contributed by atoms with Gasteiger partial charge in [0.05, 0.1) is 11.0 Å². The number of aliphatic carboxylic acids is 1. The lowest BCUT2D eigenvalue weighted by atomic mass is 9.74. The molecule has 2 aliphatic heterocycles. The number of amides is 1. The van der Waals surface area contributed by atoms with E-state index < -0.39 is 10.9 Å². The minimum Gasteiger partial charge on any atom is -0.477 e. The molecule has 0 bridgehead atoms. The van der Waals surface area contributed by atoms with Crippen LogP contribution in [0.15, 0.2) is 39.8 Å². The number of fused-ring (bicyclic) bond motifs is 1. The zero-order valence-electron chi connectivity index (χ0n) is 14.1. The van der Waals surface area contributed by atoms with Gasteiger partial charge in [-0.3, -0.25) is 14.9 Å². The monoisotopic (exact) mass is 362 g/mol. The third-order valence-corrected chi connectivity index (χ3v) is 5.71. The number of carbonyl (C=O) groups is 2. The van der Waals surface area contributed by atoms with Crippen molar-refractivity contribution in [2.24, 2.45) is 11.3 Å². The van der Waals surface area contributed by atoms with E-state index in [0.29, 0.717) is 16.2 Å². The van der Waals surface area contributed by atoms with Crippen LogP contribution in [0.4, 0.5) is 5.69 Å². The summed E-state index contributed by atoms with van der Waals surface area (Å²) >= 11 is 1.27. The fraction of sp³-hybridized carbons (Fsp3) is 0.412. The topological polar surface area (TPSA) is 101 Å². The van der Waals surface area contributed by atoms with Crippen molar-refractivity contribution < 1.29 is 19.6 Å². The van der Waals surface area contributed by atoms with Gasteiger partial charge < -0.3 is 10.0 Å². The summed E-state index contributed by atoms with van der Waals surface area (Å²) in [5, 5.41) is 20.4. The molecule has 2 atom stereocenters. The van der Waals surface area contributed by atoms with Gasteiger partial charge in [-0.25, -0.2) is 4.79 Å². The molecule has 0 spiro atoms. The molecule has 1 fully saturated rings. The minimum atomic E-state index is -1.12. The lowest BCUT2D eigenvalue weighted by Crippen LogP contribution is -2.54. The number of β-lactam (4-membered cyclic amide) rings is 1. The molecule has 25 heavy (non-hydrogen) atoms. The summed E-state index contributed by atoms with van der Waals surface area (Å²) < 4.78 is 0. The van der Waals surface area contributed by atoms with Gasteiger partial charge in [0, 0.05) is 34.3 Å². The molecule has 1 aromatic carbocycles. The number of thioether (sulfide) groups is 1. The Bertz CT molecular complexity index is 794. The predicted molar refractivity (Wildman–Crippen MR) is 91.8 cm³/mol. The molecule has 2 aliphatic rings. The molecular weight excluding hydrogens is 344 g/mol. The van der Waals surface area contributed by atoms with Gasteiger partial charge >= 0.3 is 5.97 Å². The van der Waals surface area contributed by atoms with Crippen LogP contribution in [0.25, 0.3) is 0 Å². The summed E-state index contributed by atoms with van der Waals surface area (Å²) in [6.07, 6.45) is 0.350. The Morgan fingerprint density at radius 3 is 2.36 bits per heavy atom. The van der Waals surface area contributed by atoms with Crippen LogP contribution < -0.4 is 0 Å². The fourth-order valence-electron chi connectivity index (χ4n) is 3.49. The molecule has 1 N–H and O–H groups in total. The smallest absolute Gasteiger partial charge is 0.353 e. The third-order valence-electron chi connectivity index (χ3n) is 4.54. The number of nitrogens with zero attached hydrogens (tertiary/aromatic N) is 2. The lowest BCUT2D eigenvalue weighted by Gasteiger charge is -2.42. The molecule has 1 aromatic rings. The van der Waals surface area contributed by atoms with Gasteiger partial charge in [0.2, 0.25) is 5.91 Å². The van der Waals surface area contributed by atoms with E-state index in [0.717, 1.165) is 0 Å². The molecule has 0 aromatic heterocycles. The first-order valence-corrected chi connectivity index (χ1v) is 8.64. The number of carbonyl (C=O) groups excluding carboxylic acids is 1. The zero-order valence-corrected chi connectivity index (χ0v) is 14.9. The molecule has 132 valence electrons. The number of carboxylic acid groups (broad SMARTS) is 1. The van der Waals surface area contributed by atoms with Crippen LogP contribution in [0.5, 0.6) is 0 Å². The van der Waals surface area contributed by atoms with E-state index in [9.17, 15) is 24.8 Å². The Morgan fingerprint density at radius 1 is 1.32 bits per heavy atom. The first-order valence-electron chi connectivity index (χ1n) is 7.83. The number of hydrogen-bond acceptors (Lipinski definition) is 5. The van der Waals surface area contributed by atoms with Gasteiger partial charge in [-0.1, -0.05) is 32.5 Å². The molecule has 8 heteroatoms. The van der Waals surface area contributed by atoms with Crippen molar-refractivity contribution in [2.45, 2.75) is 38.1 Å². The van der Waals surface area contributed by atoms with E-state index in [2.05, 4.69) is 0 Å². The number of rotatable bonds is 4. The lowest BCUT2D eigenvalue weighted by molar-refractivity contribution is -0.384. The summed E-state index contributed by atoms with van der Waals surface area (Å²) in [6, 6.07) is 5.87. The van der Waals surface area contributed by atoms with Crippen LogP contribution in [-0.4, -0.2) is 32.8 Å². The highest BCUT2D eigenvalue weighted by molar-refractivity contribution is 8.03. The summed E-state index contributed by atoms with van der Waals surface area (Å²) in [4.78, 5) is 36.8. The Labute approximate surface area is 148 Å². The van der Waals surface area contributed by atoms with Crippen molar-refractivity contribution in [1.29, 1.82) is 0 Å². The zero-order chi connectivity index (χ0) is 18.5. The average molecular weight is 362 g/mol. The number of nitro groups is 1. The van der Waals surface area contributed by atoms with E-state index >= 15 is 0 Å². The Hall–Kier alpha value is -2.35. The summed E-state index contributed by atoms with van der Waals surface area (Å²) in [7, 11) is 0. The highest BCUT2D eigenvalue weighted by Gasteiger charge is 2.56. The number of nitro benzene ring substituents is 1. The quantitative estimate of drug-likeness (QED) is 0.501. The van der Waals surface area contributed by atoms with Gasteiger partial charge in [-0.15, -0.1) is 0 Å². The maximum absolute atomic E-state index is 12.0. The fourth-order valence-corrected chi connectivity index (χ4v) is 4.94. The number of benzene rings is 1. The molecule has 1 saturated heterocycles. The second-order valence-electron chi connectivity index (χ2n) is 7.25. The molecule has 0 saturated carbocycles. The highest BCUT2D eigenvalue weighted by Crippen LogP contribution is 2.55. The molecule has 3 rings (SSSR count). The van der Waals surface area contributed by atoms with Crippen molar-refractivity contribution >= 4 is 29.3 Å². The average Bonchev–Trinajstić information content (AvgIpc) is 2.76. The van der Waals surface area contributed by atoms with Crippen LogP contribution in [0.2, 0.25) is 0 Å². The molecule has 0 radical (unpaired) electrons. The highest BCUT2D eigenvalue weighted by atomic mass is 32.2. The van der Waals surface area contributed by atoms with E-state index in [1.54, 1.807) is 12.1 Å². The minimum absolute atomic E-state index is 0.0189. The molecular formula is C17H18N2O5S. The van der Waals surface area contributed by atoms with E-state index in [1.165, 1.54) is 28.8 Å². The van der Waals surface area contributed by atoms with E-state index in [4.69, 9.17) is 0 Å². The standard InChI is InChI=1S/C17H18N2O5S/c1-17(2,3)13-11-8-12(20)18(11)14(16(21)22)15(13)25-10-6-4-9(5-7-10)19(23)24/h4-7,11,13H,8H2,1-3H3,(H,21,22). The first-order chi connectivity index (χ1) is 11.6. The molecule has 1 amide bonds. The van der Waals surface area contributed by atoms with Gasteiger partial charge in [0.25, 0.3) is 5.69 Å². The molecule has 0 aliphatic carbocycles. The second-order valence-corrected chi connectivity index (χ2v) is 8.37. The summed E-state index contributed by atoms with van der Waals surface area (Å²) in [5.74, 6) is -1.37. The van der Waals surface area contributed by atoms with Crippen LogP contribution in [0.1, 0.15) is 27.2 Å². The van der Waals surface area contributed by atoms with Crippen molar-refractivity contribution in [3.8, 4) is 0 Å². The SMILES string of the molecule is CC(C)(C)C1C(Sc2ccc([N+](=O)[O-])cc2)=C(C(=O)O)N2C(=O)CC12. The van der Waals surface area contributed by atoms with Crippen molar-refractivity contribution in [2.75, 3.05) is 0 Å². The van der Waals surface area contributed by atoms with Crippen LogP contribution >= 0.6 is 11.8 Å². The van der Waals surface area contributed by atoms with Gasteiger partial charge in [-0.2, -0.15) is 0 Å². The summed E-state index contributed by atoms with van der Waals surface area (Å²) in [6.45, 7) is 6.08. The molecule has 2 unspecified atom stereocenters. The van der Waals surface area contributed by atoms with Crippen molar-refractivity contribution in [3.63, 3.8) is 0 Å². The first kappa shape index (κ1) is 17.5. The third kappa shape index (κ3) is 2.90. The second kappa shape index (κ2) is 5.87. The molecule has 7 nitrogen and oxygen atoms in total. The van der Waals surface area contributed by atoms with Gasteiger partial charge in [-0.05, 0) is 17.5 Å². The number of hydrogen-bond donors (Lipinski definition) is 1. The van der Waals surface area contributed by atoms with E-state index in [1.807, 2.05) is 20.8 Å². The Kier molecular flexibility index (Phi) is 4.10. The van der Waals surface area contributed by atoms with Gasteiger partial charge in [0.15, 0.2) is 0 Å². The molecule has 2 heterocycles. The Balaban J connectivity index is 2.01. The summed E-state index contributed by atoms with van der Waals surface area (Å²) in [5.41, 5.74) is -0.191. The normalized spacial score (nSPS) is 22.7. The Morgan fingerprint density at radius 2 is 1.92 bits per heavy atom. The van der Waals surface area contributed by atoms with Crippen LogP contribution in [-0.2, 0) is 9.59 Å². The largest absolute Gasteiger partial charge is 0.477 e. The predicted octanol–water partition coefficient (Wildman–Crippen LogP) is 3.26. The van der Waals surface area contributed by atoms with E-state index in [-0.39, 0.29) is 34.7 Å². The van der Waals surface area contributed by atoms with Crippen molar-refractivity contribution in [3.05, 3.63) is 45.0 Å². The maximum Gasteiger partial charge on any atom is 0.353 e. The maximum atomic E-state index is 12.0. The number of non-ortho nitro benzene ring substituents is 1.